The normalized spacial score (nSPS) is 11.3. The Hall–Kier alpha value is -3.42. The van der Waals surface area contributed by atoms with E-state index in [-0.39, 0.29) is 22.7 Å². The zero-order valence-electron chi connectivity index (χ0n) is 15.0. The SMILES string of the molecule is CCCOc1ccc(C=O)c(O[C@@H](C)C(=O)Nc2ccccc2[N+](=O)[O-])c1. The second-order valence-corrected chi connectivity index (χ2v) is 5.69. The Morgan fingerprint density at radius 3 is 2.70 bits per heavy atom. The monoisotopic (exact) mass is 372 g/mol. The number of carbonyl (C=O) groups is 2. The Morgan fingerprint density at radius 1 is 1.30 bits per heavy atom. The summed E-state index contributed by atoms with van der Waals surface area (Å²) in [6, 6.07) is 10.5. The van der Waals surface area contributed by atoms with Crippen LogP contribution < -0.4 is 14.8 Å². The molecule has 0 aliphatic heterocycles. The first-order chi connectivity index (χ1) is 13.0. The number of benzene rings is 2. The number of nitrogens with one attached hydrogen (secondary N) is 1. The van der Waals surface area contributed by atoms with Crippen molar-refractivity contribution in [3.05, 3.63) is 58.1 Å². The van der Waals surface area contributed by atoms with Gasteiger partial charge in [-0.1, -0.05) is 19.1 Å². The molecular formula is C19H20N2O6. The number of nitro groups is 1. The van der Waals surface area contributed by atoms with Crippen molar-refractivity contribution in [3.8, 4) is 11.5 Å². The van der Waals surface area contributed by atoms with Crippen LogP contribution in [0.5, 0.6) is 11.5 Å². The second kappa shape index (κ2) is 9.33. The molecule has 0 aliphatic rings. The van der Waals surface area contributed by atoms with E-state index in [2.05, 4.69) is 5.32 Å². The quantitative estimate of drug-likeness (QED) is 0.409. The summed E-state index contributed by atoms with van der Waals surface area (Å²) in [7, 11) is 0. The van der Waals surface area contributed by atoms with Crippen molar-refractivity contribution in [2.75, 3.05) is 11.9 Å². The van der Waals surface area contributed by atoms with Crippen LogP contribution in [0, 0.1) is 10.1 Å². The van der Waals surface area contributed by atoms with Crippen molar-refractivity contribution in [1.29, 1.82) is 0 Å². The minimum absolute atomic E-state index is 0.0681. The van der Waals surface area contributed by atoms with E-state index in [1.54, 1.807) is 18.2 Å². The maximum absolute atomic E-state index is 12.4. The predicted octanol–water partition coefficient (Wildman–Crippen LogP) is 3.60. The van der Waals surface area contributed by atoms with Gasteiger partial charge in [0, 0.05) is 12.1 Å². The summed E-state index contributed by atoms with van der Waals surface area (Å²) in [5.41, 5.74) is 0.115. The number of para-hydroxylation sites is 2. The number of nitrogens with zero attached hydrogens (tertiary/aromatic N) is 1. The van der Waals surface area contributed by atoms with Gasteiger partial charge in [-0.15, -0.1) is 0 Å². The lowest BCUT2D eigenvalue weighted by molar-refractivity contribution is -0.383. The fraction of sp³-hybridized carbons (Fsp3) is 0.263. The van der Waals surface area contributed by atoms with Crippen LogP contribution >= 0.6 is 0 Å². The zero-order valence-corrected chi connectivity index (χ0v) is 15.0. The lowest BCUT2D eigenvalue weighted by Gasteiger charge is -2.17. The van der Waals surface area contributed by atoms with E-state index < -0.39 is 16.9 Å². The summed E-state index contributed by atoms with van der Waals surface area (Å²) in [6.07, 6.45) is 0.441. The molecular weight excluding hydrogens is 352 g/mol. The molecule has 1 N–H and O–H groups in total. The number of hydrogen-bond acceptors (Lipinski definition) is 6. The number of aldehydes is 1. The Labute approximate surface area is 156 Å². The average Bonchev–Trinajstić information content (AvgIpc) is 2.66. The molecule has 0 aliphatic carbocycles. The van der Waals surface area contributed by atoms with Gasteiger partial charge in [-0.05, 0) is 31.5 Å². The Bertz CT molecular complexity index is 837. The highest BCUT2D eigenvalue weighted by atomic mass is 16.6. The number of hydrogen-bond donors (Lipinski definition) is 1. The molecule has 1 amide bonds. The van der Waals surface area contributed by atoms with E-state index >= 15 is 0 Å². The smallest absolute Gasteiger partial charge is 0.292 e. The van der Waals surface area contributed by atoms with Gasteiger partial charge < -0.3 is 14.8 Å². The van der Waals surface area contributed by atoms with Crippen LogP contribution in [-0.4, -0.2) is 29.8 Å². The first kappa shape index (κ1) is 19.9. The Morgan fingerprint density at radius 2 is 2.04 bits per heavy atom. The molecule has 1 atom stereocenters. The molecule has 0 saturated carbocycles. The van der Waals surface area contributed by atoms with Gasteiger partial charge in [-0.25, -0.2) is 0 Å². The molecule has 0 radical (unpaired) electrons. The second-order valence-electron chi connectivity index (χ2n) is 5.69. The van der Waals surface area contributed by atoms with Crippen molar-refractivity contribution in [2.24, 2.45) is 0 Å². The average molecular weight is 372 g/mol. The van der Waals surface area contributed by atoms with E-state index in [0.29, 0.717) is 18.6 Å². The van der Waals surface area contributed by atoms with Crippen molar-refractivity contribution in [2.45, 2.75) is 26.4 Å². The third-order valence-electron chi connectivity index (χ3n) is 3.62. The van der Waals surface area contributed by atoms with Crippen LogP contribution in [0.3, 0.4) is 0 Å². The van der Waals surface area contributed by atoms with Crippen molar-refractivity contribution in [1.82, 2.24) is 0 Å². The summed E-state index contributed by atoms with van der Waals surface area (Å²) in [5.74, 6) is 0.133. The lowest BCUT2D eigenvalue weighted by atomic mass is 10.2. The summed E-state index contributed by atoms with van der Waals surface area (Å²) in [4.78, 5) is 34.0. The zero-order chi connectivity index (χ0) is 19.8. The van der Waals surface area contributed by atoms with Crippen molar-refractivity contribution in [3.63, 3.8) is 0 Å². The largest absolute Gasteiger partial charge is 0.493 e. The molecule has 0 spiro atoms. The molecule has 2 rings (SSSR count). The minimum Gasteiger partial charge on any atom is -0.493 e. The molecule has 27 heavy (non-hydrogen) atoms. The number of nitro benzene ring substituents is 1. The molecule has 0 fully saturated rings. The van der Waals surface area contributed by atoms with E-state index in [9.17, 15) is 19.7 Å². The molecule has 8 nitrogen and oxygen atoms in total. The number of anilines is 1. The molecule has 0 aromatic heterocycles. The first-order valence-electron chi connectivity index (χ1n) is 8.39. The van der Waals surface area contributed by atoms with Gasteiger partial charge in [0.2, 0.25) is 0 Å². The third-order valence-corrected chi connectivity index (χ3v) is 3.62. The highest BCUT2D eigenvalue weighted by molar-refractivity contribution is 5.96. The van der Waals surface area contributed by atoms with Crippen LogP contribution in [0.15, 0.2) is 42.5 Å². The Kier molecular flexibility index (Phi) is 6.87. The highest BCUT2D eigenvalue weighted by Crippen LogP contribution is 2.26. The van der Waals surface area contributed by atoms with Gasteiger partial charge in [0.25, 0.3) is 11.6 Å². The number of carbonyl (C=O) groups excluding carboxylic acids is 2. The maximum atomic E-state index is 12.4. The summed E-state index contributed by atoms with van der Waals surface area (Å²) >= 11 is 0. The summed E-state index contributed by atoms with van der Waals surface area (Å²) in [5, 5.41) is 13.5. The van der Waals surface area contributed by atoms with E-state index in [1.165, 1.54) is 31.2 Å². The van der Waals surface area contributed by atoms with Crippen LogP contribution in [0.2, 0.25) is 0 Å². The number of rotatable bonds is 9. The van der Waals surface area contributed by atoms with Gasteiger partial charge in [-0.2, -0.15) is 0 Å². The number of amides is 1. The molecule has 0 saturated heterocycles. The van der Waals surface area contributed by atoms with Gasteiger partial charge in [-0.3, -0.25) is 19.7 Å². The van der Waals surface area contributed by atoms with Gasteiger partial charge in [0.05, 0.1) is 17.1 Å². The Balaban J connectivity index is 2.14. The topological polar surface area (TPSA) is 108 Å². The fourth-order valence-corrected chi connectivity index (χ4v) is 2.24. The first-order valence-corrected chi connectivity index (χ1v) is 8.39. The summed E-state index contributed by atoms with van der Waals surface area (Å²) < 4.78 is 11.1. The molecule has 0 bridgehead atoms. The van der Waals surface area contributed by atoms with Gasteiger partial charge in [0.15, 0.2) is 12.4 Å². The van der Waals surface area contributed by atoms with E-state index in [4.69, 9.17) is 9.47 Å². The van der Waals surface area contributed by atoms with Crippen LogP contribution in [-0.2, 0) is 4.79 Å². The van der Waals surface area contributed by atoms with Crippen LogP contribution in [0.4, 0.5) is 11.4 Å². The van der Waals surface area contributed by atoms with Gasteiger partial charge in [0.1, 0.15) is 17.2 Å². The fourth-order valence-electron chi connectivity index (χ4n) is 2.24. The van der Waals surface area contributed by atoms with E-state index in [0.717, 1.165) is 6.42 Å². The highest BCUT2D eigenvalue weighted by Gasteiger charge is 2.21. The van der Waals surface area contributed by atoms with Crippen molar-refractivity contribution >= 4 is 23.6 Å². The predicted molar refractivity (Wildman–Crippen MR) is 99.4 cm³/mol. The third kappa shape index (κ3) is 5.27. The van der Waals surface area contributed by atoms with Gasteiger partial charge >= 0.3 is 0 Å². The molecule has 0 heterocycles. The van der Waals surface area contributed by atoms with Crippen LogP contribution in [0.1, 0.15) is 30.6 Å². The molecule has 2 aromatic carbocycles. The molecule has 142 valence electrons. The molecule has 8 heteroatoms. The van der Waals surface area contributed by atoms with Crippen LogP contribution in [0.25, 0.3) is 0 Å². The minimum atomic E-state index is -0.995. The lowest BCUT2D eigenvalue weighted by Crippen LogP contribution is -2.30. The van der Waals surface area contributed by atoms with E-state index in [1.807, 2.05) is 6.92 Å². The maximum Gasteiger partial charge on any atom is 0.292 e. The molecule has 0 unspecified atom stereocenters. The number of ether oxygens (including phenoxy) is 2. The summed E-state index contributed by atoms with van der Waals surface area (Å²) in [6.45, 7) is 3.96. The standard InChI is InChI=1S/C19H20N2O6/c1-3-10-26-15-9-8-14(12-22)18(11-15)27-13(2)19(23)20-16-6-4-5-7-17(16)21(24)25/h4-9,11-13H,3,10H2,1-2H3,(H,20,23)/t13-/m0/s1. The molecule has 2 aromatic rings. The van der Waals surface area contributed by atoms with Crippen molar-refractivity contribution < 1.29 is 24.0 Å².